The lowest BCUT2D eigenvalue weighted by molar-refractivity contribution is -0.141. The van der Waals surface area contributed by atoms with Crippen molar-refractivity contribution < 1.29 is 18.0 Å². The normalized spacial score (nSPS) is 19.4. The van der Waals surface area contributed by atoms with E-state index in [1.165, 1.54) is 7.05 Å². The molecule has 116 valence electrons. The number of carbonyl (C=O) groups is 1. The van der Waals surface area contributed by atoms with E-state index >= 15 is 0 Å². The summed E-state index contributed by atoms with van der Waals surface area (Å²) >= 11 is 0. The van der Waals surface area contributed by atoms with E-state index in [0.717, 1.165) is 6.07 Å². The Labute approximate surface area is 119 Å². The first-order valence-corrected chi connectivity index (χ1v) is 6.55. The van der Waals surface area contributed by atoms with Crippen LogP contribution in [-0.2, 0) is 11.0 Å². The molecule has 2 N–H and O–H groups in total. The van der Waals surface area contributed by atoms with Gasteiger partial charge in [0.1, 0.15) is 11.9 Å². The molecule has 1 atom stereocenters. The molecule has 6 nitrogen and oxygen atoms in total. The predicted molar refractivity (Wildman–Crippen MR) is 71.0 cm³/mol. The zero-order valence-electron chi connectivity index (χ0n) is 11.7. The Balaban J connectivity index is 2.44. The number of hydrogen-bond donors (Lipinski definition) is 2. The van der Waals surface area contributed by atoms with E-state index < -0.39 is 17.9 Å². The molecule has 1 fully saturated rings. The maximum Gasteiger partial charge on any atom is 0.433 e. The van der Waals surface area contributed by atoms with Crippen LogP contribution < -0.4 is 15.5 Å². The highest BCUT2D eigenvalue weighted by molar-refractivity contribution is 5.86. The van der Waals surface area contributed by atoms with Gasteiger partial charge in [0, 0.05) is 26.2 Å². The number of amides is 1. The lowest BCUT2D eigenvalue weighted by Crippen LogP contribution is -2.55. The number of piperazine rings is 1. The van der Waals surface area contributed by atoms with Gasteiger partial charge in [-0.2, -0.15) is 18.2 Å². The van der Waals surface area contributed by atoms with Crippen molar-refractivity contribution in [3.63, 3.8) is 0 Å². The van der Waals surface area contributed by atoms with Crippen molar-refractivity contribution >= 4 is 17.7 Å². The molecule has 1 aromatic heterocycles. The maximum atomic E-state index is 12.9. The first-order valence-electron chi connectivity index (χ1n) is 6.55. The summed E-state index contributed by atoms with van der Waals surface area (Å²) in [6, 6.07) is 0.349. The van der Waals surface area contributed by atoms with Gasteiger partial charge in [-0.25, -0.2) is 4.98 Å². The summed E-state index contributed by atoms with van der Waals surface area (Å²) in [5.41, 5.74) is -1.03. The summed E-state index contributed by atoms with van der Waals surface area (Å²) in [5, 5.41) is 5.21. The lowest BCUT2D eigenvalue weighted by Gasteiger charge is -2.35. The number of hydrogen-bond acceptors (Lipinski definition) is 5. The largest absolute Gasteiger partial charge is 0.433 e. The van der Waals surface area contributed by atoms with Gasteiger partial charge < -0.3 is 15.5 Å². The summed E-state index contributed by atoms with van der Waals surface area (Å²) in [6.45, 7) is 2.57. The monoisotopic (exact) mass is 303 g/mol. The fourth-order valence-electron chi connectivity index (χ4n) is 2.23. The number of carbonyl (C=O) groups excluding carboxylic acids is 1. The van der Waals surface area contributed by atoms with Crippen LogP contribution in [0.2, 0.25) is 0 Å². The van der Waals surface area contributed by atoms with Crippen LogP contribution in [0.1, 0.15) is 19.0 Å². The number of nitrogens with one attached hydrogen (secondary N) is 2. The first kappa shape index (κ1) is 15.3. The van der Waals surface area contributed by atoms with Crippen molar-refractivity contribution in [1.29, 1.82) is 0 Å². The van der Waals surface area contributed by atoms with Crippen molar-refractivity contribution in [3.05, 3.63) is 11.8 Å². The summed E-state index contributed by atoms with van der Waals surface area (Å²) in [4.78, 5) is 20.9. The Bertz CT molecular complexity index is 534. The summed E-state index contributed by atoms with van der Waals surface area (Å²) in [5.74, 6) is -0.231. The molecule has 0 aromatic carbocycles. The molecule has 9 heteroatoms. The Hall–Kier alpha value is -2.06. The molecular weight excluding hydrogens is 287 g/mol. The SMILES string of the molecule is CCC1C(=O)NCCN1c1cc(C(F)(F)F)nc(NC)n1. The van der Waals surface area contributed by atoms with E-state index in [1.807, 2.05) is 0 Å². The molecule has 1 amide bonds. The van der Waals surface area contributed by atoms with Gasteiger partial charge in [-0.15, -0.1) is 0 Å². The van der Waals surface area contributed by atoms with Crippen LogP contribution in [0.5, 0.6) is 0 Å². The molecule has 1 aliphatic rings. The first-order chi connectivity index (χ1) is 9.86. The van der Waals surface area contributed by atoms with Crippen LogP contribution in [0, 0.1) is 0 Å². The summed E-state index contributed by atoms with van der Waals surface area (Å²) in [7, 11) is 1.44. The molecule has 2 heterocycles. The lowest BCUT2D eigenvalue weighted by atomic mass is 10.1. The molecule has 0 aliphatic carbocycles. The highest BCUT2D eigenvalue weighted by atomic mass is 19.4. The minimum atomic E-state index is -4.57. The van der Waals surface area contributed by atoms with Crippen molar-refractivity contribution in [3.8, 4) is 0 Å². The zero-order valence-corrected chi connectivity index (χ0v) is 11.7. The maximum absolute atomic E-state index is 12.9. The highest BCUT2D eigenvalue weighted by Gasteiger charge is 2.36. The summed E-state index contributed by atoms with van der Waals surface area (Å²) in [6.07, 6.45) is -4.09. The molecule has 1 unspecified atom stereocenters. The van der Waals surface area contributed by atoms with Crippen molar-refractivity contribution in [2.75, 3.05) is 30.4 Å². The third-order valence-corrected chi connectivity index (χ3v) is 3.24. The van der Waals surface area contributed by atoms with Gasteiger partial charge in [-0.1, -0.05) is 6.92 Å². The minimum Gasteiger partial charge on any atom is -0.357 e. The third-order valence-electron chi connectivity index (χ3n) is 3.24. The zero-order chi connectivity index (χ0) is 15.6. The number of aromatic nitrogens is 2. The Morgan fingerprint density at radius 1 is 1.48 bits per heavy atom. The molecule has 0 spiro atoms. The van der Waals surface area contributed by atoms with E-state index in [0.29, 0.717) is 19.5 Å². The van der Waals surface area contributed by atoms with Crippen LogP contribution in [0.15, 0.2) is 6.07 Å². The molecular formula is C12H16F3N5O. The third kappa shape index (κ3) is 3.17. The number of anilines is 2. The van der Waals surface area contributed by atoms with Crippen molar-refractivity contribution in [2.45, 2.75) is 25.6 Å². The van der Waals surface area contributed by atoms with E-state index in [4.69, 9.17) is 0 Å². The van der Waals surface area contributed by atoms with Gasteiger partial charge in [-0.05, 0) is 6.42 Å². The Morgan fingerprint density at radius 3 is 2.76 bits per heavy atom. The molecule has 0 radical (unpaired) electrons. The van der Waals surface area contributed by atoms with E-state index in [1.54, 1.807) is 11.8 Å². The molecule has 1 aromatic rings. The van der Waals surface area contributed by atoms with Gasteiger partial charge in [0.05, 0.1) is 0 Å². The summed E-state index contributed by atoms with van der Waals surface area (Å²) < 4.78 is 38.7. The van der Waals surface area contributed by atoms with Gasteiger partial charge in [0.2, 0.25) is 11.9 Å². The van der Waals surface area contributed by atoms with Gasteiger partial charge in [0.25, 0.3) is 0 Å². The van der Waals surface area contributed by atoms with Crippen LogP contribution in [0.3, 0.4) is 0 Å². The van der Waals surface area contributed by atoms with Crippen molar-refractivity contribution in [2.24, 2.45) is 0 Å². The molecule has 1 saturated heterocycles. The molecule has 2 rings (SSSR count). The number of alkyl halides is 3. The predicted octanol–water partition coefficient (Wildman–Crippen LogP) is 1.25. The Kier molecular flexibility index (Phi) is 4.19. The Morgan fingerprint density at radius 2 is 2.19 bits per heavy atom. The van der Waals surface area contributed by atoms with E-state index in [9.17, 15) is 18.0 Å². The second-order valence-corrected chi connectivity index (χ2v) is 4.59. The average Bonchev–Trinajstić information content (AvgIpc) is 2.45. The van der Waals surface area contributed by atoms with Crippen LogP contribution >= 0.6 is 0 Å². The topological polar surface area (TPSA) is 70.2 Å². The number of rotatable bonds is 3. The molecule has 0 bridgehead atoms. The van der Waals surface area contributed by atoms with Gasteiger partial charge in [-0.3, -0.25) is 4.79 Å². The molecule has 21 heavy (non-hydrogen) atoms. The minimum absolute atomic E-state index is 0.100. The second-order valence-electron chi connectivity index (χ2n) is 4.59. The van der Waals surface area contributed by atoms with E-state index in [-0.39, 0.29) is 17.7 Å². The number of nitrogens with zero attached hydrogens (tertiary/aromatic N) is 3. The quantitative estimate of drug-likeness (QED) is 0.879. The van der Waals surface area contributed by atoms with Gasteiger partial charge >= 0.3 is 6.18 Å². The standard InChI is InChI=1S/C12H16F3N5O/c1-3-7-10(21)17-4-5-20(7)9-6-8(12(13,14)15)18-11(16-2)19-9/h6-7H,3-5H2,1-2H3,(H,17,21)(H,16,18,19). The number of halogens is 3. The second kappa shape index (κ2) is 5.74. The van der Waals surface area contributed by atoms with Crippen molar-refractivity contribution in [1.82, 2.24) is 15.3 Å². The highest BCUT2D eigenvalue weighted by Crippen LogP contribution is 2.31. The fourth-order valence-corrected chi connectivity index (χ4v) is 2.23. The molecule has 0 saturated carbocycles. The van der Waals surface area contributed by atoms with Crippen LogP contribution in [0.4, 0.5) is 24.9 Å². The smallest absolute Gasteiger partial charge is 0.357 e. The fraction of sp³-hybridized carbons (Fsp3) is 0.583. The molecule has 1 aliphatic heterocycles. The average molecular weight is 303 g/mol. The van der Waals surface area contributed by atoms with Crippen LogP contribution in [-0.4, -0.2) is 42.1 Å². The van der Waals surface area contributed by atoms with Crippen LogP contribution in [0.25, 0.3) is 0 Å². The van der Waals surface area contributed by atoms with Gasteiger partial charge in [0.15, 0.2) is 5.69 Å². The van der Waals surface area contributed by atoms with E-state index in [2.05, 4.69) is 20.6 Å².